The molecule has 1 saturated carbocycles. The number of methoxy groups -OCH3 is 1. The second-order valence-corrected chi connectivity index (χ2v) is 5.94. The second kappa shape index (κ2) is 4.88. The van der Waals surface area contributed by atoms with Crippen molar-refractivity contribution < 1.29 is 9.53 Å². The molecule has 5 heteroatoms. The van der Waals surface area contributed by atoms with Crippen molar-refractivity contribution in [2.45, 2.75) is 38.1 Å². The fourth-order valence-corrected chi connectivity index (χ4v) is 4.12. The van der Waals surface area contributed by atoms with Gasteiger partial charge in [-0.1, -0.05) is 12.8 Å². The first-order valence-electron chi connectivity index (χ1n) is 6.60. The maximum Gasteiger partial charge on any atom is 0.357 e. The highest BCUT2D eigenvalue weighted by Crippen LogP contribution is 2.39. The van der Waals surface area contributed by atoms with Crippen LogP contribution < -0.4 is 4.90 Å². The lowest BCUT2D eigenvalue weighted by Crippen LogP contribution is -2.34. The van der Waals surface area contributed by atoms with E-state index >= 15 is 0 Å². The minimum absolute atomic E-state index is 0.336. The second-order valence-electron chi connectivity index (χ2n) is 5.10. The topological polar surface area (TPSA) is 42.4 Å². The molecule has 3 rings (SSSR count). The third-order valence-corrected chi connectivity index (χ3v) is 5.02. The molecule has 0 bridgehead atoms. The Labute approximate surface area is 111 Å². The van der Waals surface area contributed by atoms with Gasteiger partial charge in [0.15, 0.2) is 10.8 Å². The first kappa shape index (κ1) is 12.0. The van der Waals surface area contributed by atoms with Gasteiger partial charge < -0.3 is 9.64 Å². The zero-order valence-electron chi connectivity index (χ0n) is 10.6. The average molecular weight is 266 g/mol. The lowest BCUT2D eigenvalue weighted by atomic mass is 9.85. The molecular formula is C13H18N2O2S. The van der Waals surface area contributed by atoms with Gasteiger partial charge in [-0.2, -0.15) is 0 Å². The molecule has 2 aliphatic rings. The van der Waals surface area contributed by atoms with Crippen LogP contribution in [0.4, 0.5) is 5.13 Å². The van der Waals surface area contributed by atoms with E-state index in [0.717, 1.165) is 17.6 Å². The van der Waals surface area contributed by atoms with E-state index in [9.17, 15) is 4.79 Å². The SMILES string of the molecule is COC(=O)c1csc(N2CCC3CCCCC32)n1. The lowest BCUT2D eigenvalue weighted by molar-refractivity contribution is 0.0595. The molecule has 1 aliphatic heterocycles. The van der Waals surface area contributed by atoms with Crippen LogP contribution in [0.15, 0.2) is 5.38 Å². The Balaban J connectivity index is 1.78. The van der Waals surface area contributed by atoms with Crippen molar-refractivity contribution in [1.82, 2.24) is 4.98 Å². The van der Waals surface area contributed by atoms with Crippen LogP contribution in [0.25, 0.3) is 0 Å². The van der Waals surface area contributed by atoms with E-state index in [0.29, 0.717) is 11.7 Å². The molecule has 18 heavy (non-hydrogen) atoms. The number of nitrogens with zero attached hydrogens (tertiary/aromatic N) is 2. The first-order chi connectivity index (χ1) is 8.79. The Morgan fingerprint density at radius 1 is 1.44 bits per heavy atom. The molecule has 0 N–H and O–H groups in total. The summed E-state index contributed by atoms with van der Waals surface area (Å²) in [6.07, 6.45) is 6.61. The highest BCUT2D eigenvalue weighted by Gasteiger charge is 2.37. The van der Waals surface area contributed by atoms with E-state index in [2.05, 4.69) is 9.88 Å². The summed E-state index contributed by atoms with van der Waals surface area (Å²) in [4.78, 5) is 18.3. The number of anilines is 1. The number of esters is 1. The number of hydrogen-bond donors (Lipinski definition) is 0. The van der Waals surface area contributed by atoms with Gasteiger partial charge in [-0.15, -0.1) is 11.3 Å². The molecule has 2 heterocycles. The van der Waals surface area contributed by atoms with Crippen LogP contribution in [-0.4, -0.2) is 30.6 Å². The summed E-state index contributed by atoms with van der Waals surface area (Å²) < 4.78 is 4.71. The Bertz CT molecular complexity index is 446. The van der Waals surface area contributed by atoms with Gasteiger partial charge in [0.05, 0.1) is 7.11 Å². The molecular weight excluding hydrogens is 248 g/mol. The minimum atomic E-state index is -0.336. The Morgan fingerprint density at radius 3 is 3.11 bits per heavy atom. The predicted octanol–water partition coefficient (Wildman–Crippen LogP) is 2.70. The van der Waals surface area contributed by atoms with Crippen molar-refractivity contribution in [2.75, 3.05) is 18.6 Å². The van der Waals surface area contributed by atoms with Crippen LogP contribution in [0.5, 0.6) is 0 Å². The van der Waals surface area contributed by atoms with Crippen molar-refractivity contribution >= 4 is 22.4 Å². The molecule has 0 aromatic carbocycles. The quantitative estimate of drug-likeness (QED) is 0.772. The standard InChI is InChI=1S/C13H18N2O2S/c1-17-12(16)10-8-18-13(14-10)15-7-6-9-4-2-3-5-11(9)15/h8-9,11H,2-7H2,1H3. The third kappa shape index (κ3) is 2.00. The molecule has 0 radical (unpaired) electrons. The maximum atomic E-state index is 11.4. The Hall–Kier alpha value is -1.10. The number of carbonyl (C=O) groups excluding carboxylic acids is 1. The largest absolute Gasteiger partial charge is 0.464 e. The predicted molar refractivity (Wildman–Crippen MR) is 71.2 cm³/mol. The molecule has 1 aromatic heterocycles. The van der Waals surface area contributed by atoms with Crippen LogP contribution >= 0.6 is 11.3 Å². The fourth-order valence-electron chi connectivity index (χ4n) is 3.24. The van der Waals surface area contributed by atoms with Crippen molar-refractivity contribution in [2.24, 2.45) is 5.92 Å². The summed E-state index contributed by atoms with van der Waals surface area (Å²) in [5.74, 6) is 0.501. The van der Waals surface area contributed by atoms with Crippen LogP contribution in [0, 0.1) is 5.92 Å². The van der Waals surface area contributed by atoms with Crippen molar-refractivity contribution in [3.63, 3.8) is 0 Å². The van der Waals surface area contributed by atoms with Crippen LogP contribution in [-0.2, 0) is 4.74 Å². The van der Waals surface area contributed by atoms with Gasteiger partial charge in [0.2, 0.25) is 0 Å². The summed E-state index contributed by atoms with van der Waals surface area (Å²) in [7, 11) is 1.40. The zero-order valence-corrected chi connectivity index (χ0v) is 11.4. The molecule has 1 aromatic rings. The van der Waals surface area contributed by atoms with Crippen molar-refractivity contribution in [3.8, 4) is 0 Å². The smallest absolute Gasteiger partial charge is 0.357 e. The fraction of sp³-hybridized carbons (Fsp3) is 0.692. The monoisotopic (exact) mass is 266 g/mol. The van der Waals surface area contributed by atoms with E-state index in [-0.39, 0.29) is 5.97 Å². The molecule has 1 aliphatic carbocycles. The van der Waals surface area contributed by atoms with Gasteiger partial charge >= 0.3 is 5.97 Å². The zero-order chi connectivity index (χ0) is 12.5. The summed E-state index contributed by atoms with van der Waals surface area (Å²) >= 11 is 1.56. The highest BCUT2D eigenvalue weighted by molar-refractivity contribution is 7.13. The van der Waals surface area contributed by atoms with Crippen molar-refractivity contribution in [1.29, 1.82) is 0 Å². The first-order valence-corrected chi connectivity index (χ1v) is 7.48. The number of aromatic nitrogens is 1. The van der Waals surface area contributed by atoms with E-state index in [4.69, 9.17) is 4.74 Å². The summed E-state index contributed by atoms with van der Waals surface area (Å²) in [5, 5.41) is 2.79. The number of rotatable bonds is 2. The number of thiazole rings is 1. The van der Waals surface area contributed by atoms with Gasteiger partial charge in [-0.3, -0.25) is 0 Å². The van der Waals surface area contributed by atoms with Crippen LogP contribution in [0.2, 0.25) is 0 Å². The number of ether oxygens (including phenoxy) is 1. The van der Waals surface area contributed by atoms with Gasteiger partial charge in [0.1, 0.15) is 0 Å². The minimum Gasteiger partial charge on any atom is -0.464 e. The highest BCUT2D eigenvalue weighted by atomic mass is 32.1. The van der Waals surface area contributed by atoms with Crippen LogP contribution in [0.3, 0.4) is 0 Å². The van der Waals surface area contributed by atoms with Gasteiger partial charge in [-0.05, 0) is 25.2 Å². The van der Waals surface area contributed by atoms with E-state index in [1.165, 1.54) is 39.2 Å². The molecule has 2 fully saturated rings. The number of fused-ring (bicyclic) bond motifs is 1. The number of carbonyl (C=O) groups is 1. The summed E-state index contributed by atoms with van der Waals surface area (Å²) in [5.41, 5.74) is 0.441. The molecule has 0 amide bonds. The van der Waals surface area contributed by atoms with Gasteiger partial charge in [0.25, 0.3) is 0 Å². The normalized spacial score (nSPS) is 27.1. The Morgan fingerprint density at radius 2 is 2.28 bits per heavy atom. The Kier molecular flexibility index (Phi) is 3.24. The summed E-state index contributed by atoms with van der Waals surface area (Å²) in [6, 6.07) is 0.649. The molecule has 2 unspecified atom stereocenters. The molecule has 0 spiro atoms. The van der Waals surface area contributed by atoms with Gasteiger partial charge in [-0.25, -0.2) is 9.78 Å². The lowest BCUT2D eigenvalue weighted by Gasteiger charge is -2.31. The molecule has 4 nitrogen and oxygen atoms in total. The van der Waals surface area contributed by atoms with E-state index < -0.39 is 0 Å². The molecule has 2 atom stereocenters. The van der Waals surface area contributed by atoms with Crippen LogP contribution in [0.1, 0.15) is 42.6 Å². The summed E-state index contributed by atoms with van der Waals surface area (Å²) in [6.45, 7) is 1.09. The number of hydrogen-bond acceptors (Lipinski definition) is 5. The van der Waals surface area contributed by atoms with E-state index in [1.54, 1.807) is 16.7 Å². The van der Waals surface area contributed by atoms with Gasteiger partial charge in [0, 0.05) is 18.0 Å². The average Bonchev–Trinajstić information content (AvgIpc) is 3.03. The third-order valence-electron chi connectivity index (χ3n) is 4.14. The maximum absolute atomic E-state index is 11.4. The molecule has 1 saturated heterocycles. The molecule has 98 valence electrons. The van der Waals surface area contributed by atoms with Crippen molar-refractivity contribution in [3.05, 3.63) is 11.1 Å². The van der Waals surface area contributed by atoms with E-state index in [1.807, 2.05) is 0 Å².